The lowest BCUT2D eigenvalue weighted by molar-refractivity contribution is 0.395. The summed E-state index contributed by atoms with van der Waals surface area (Å²) in [6.07, 6.45) is 0. The van der Waals surface area contributed by atoms with Crippen LogP contribution in [0.1, 0.15) is 0 Å². The quantitative estimate of drug-likeness (QED) is 0.631. The highest BCUT2D eigenvalue weighted by Gasteiger charge is 2.06. The third-order valence-corrected chi connectivity index (χ3v) is 2.29. The summed E-state index contributed by atoms with van der Waals surface area (Å²) in [5.41, 5.74) is 2.93. The molecule has 70 valence electrons. The lowest BCUT2D eigenvalue weighted by atomic mass is 10.3. The van der Waals surface area contributed by atoms with E-state index in [-0.39, 0.29) is 0 Å². The molecular formula is C10H9N3O. The first-order valence-electron chi connectivity index (χ1n) is 4.39. The number of para-hydroxylation sites is 2. The molecule has 4 heteroatoms. The monoisotopic (exact) mass is 187 g/mol. The molecule has 3 aromatic rings. The normalized spacial score (nSPS) is 11.2. The average molecular weight is 187 g/mol. The van der Waals surface area contributed by atoms with Gasteiger partial charge >= 0.3 is 0 Å². The summed E-state index contributed by atoms with van der Waals surface area (Å²) in [4.78, 5) is 4.44. The fourth-order valence-electron chi connectivity index (χ4n) is 1.62. The lowest BCUT2D eigenvalue weighted by Gasteiger charge is -1.92. The largest absolute Gasteiger partial charge is 0.481 e. The summed E-state index contributed by atoms with van der Waals surface area (Å²) < 4.78 is 7.00. The average Bonchev–Trinajstić information content (AvgIpc) is 2.73. The smallest absolute Gasteiger partial charge is 0.209 e. The molecule has 0 atom stereocenters. The highest BCUT2D eigenvalue weighted by atomic mass is 16.5. The summed E-state index contributed by atoms with van der Waals surface area (Å²) in [6, 6.07) is 9.85. The predicted octanol–water partition coefficient (Wildman–Crippen LogP) is 1.82. The summed E-state index contributed by atoms with van der Waals surface area (Å²) >= 11 is 0. The van der Waals surface area contributed by atoms with Crippen LogP contribution in [0, 0.1) is 0 Å². The molecule has 0 radical (unpaired) electrons. The van der Waals surface area contributed by atoms with Gasteiger partial charge in [-0.15, -0.1) is 0 Å². The van der Waals surface area contributed by atoms with E-state index in [4.69, 9.17) is 4.74 Å². The third-order valence-electron chi connectivity index (χ3n) is 2.29. The van der Waals surface area contributed by atoms with Crippen molar-refractivity contribution in [1.29, 1.82) is 0 Å². The molecule has 2 heterocycles. The van der Waals surface area contributed by atoms with Crippen molar-refractivity contribution in [1.82, 2.24) is 14.6 Å². The fourth-order valence-corrected chi connectivity index (χ4v) is 1.62. The van der Waals surface area contributed by atoms with Crippen molar-refractivity contribution in [3.63, 3.8) is 0 Å². The summed E-state index contributed by atoms with van der Waals surface area (Å²) in [6.45, 7) is 0. The van der Waals surface area contributed by atoms with E-state index in [0.29, 0.717) is 0 Å². The van der Waals surface area contributed by atoms with Crippen molar-refractivity contribution in [3.8, 4) is 5.88 Å². The van der Waals surface area contributed by atoms with E-state index in [1.165, 1.54) is 0 Å². The van der Waals surface area contributed by atoms with Crippen LogP contribution in [0.2, 0.25) is 0 Å². The van der Waals surface area contributed by atoms with Crippen LogP contribution in [0.25, 0.3) is 16.7 Å². The van der Waals surface area contributed by atoms with Crippen LogP contribution in [-0.2, 0) is 0 Å². The number of methoxy groups -OCH3 is 1. The number of hydrogen-bond donors (Lipinski definition) is 1. The van der Waals surface area contributed by atoms with Crippen molar-refractivity contribution in [3.05, 3.63) is 30.3 Å². The number of hydrogen-bond acceptors (Lipinski definition) is 2. The van der Waals surface area contributed by atoms with Gasteiger partial charge in [0.05, 0.1) is 18.1 Å². The molecule has 0 spiro atoms. The molecule has 4 nitrogen and oxygen atoms in total. The van der Waals surface area contributed by atoms with Crippen molar-refractivity contribution in [2.24, 2.45) is 0 Å². The molecule has 0 saturated heterocycles. The van der Waals surface area contributed by atoms with Crippen molar-refractivity contribution < 1.29 is 4.74 Å². The summed E-state index contributed by atoms with van der Waals surface area (Å²) in [7, 11) is 1.63. The fraction of sp³-hybridized carbons (Fsp3) is 0.100. The zero-order valence-corrected chi connectivity index (χ0v) is 7.69. The molecule has 0 bridgehead atoms. The van der Waals surface area contributed by atoms with Crippen LogP contribution in [0.15, 0.2) is 30.3 Å². The van der Waals surface area contributed by atoms with Gasteiger partial charge in [0, 0.05) is 6.07 Å². The molecule has 2 aromatic heterocycles. The van der Waals surface area contributed by atoms with Crippen LogP contribution in [0.5, 0.6) is 5.88 Å². The minimum Gasteiger partial charge on any atom is -0.481 e. The first kappa shape index (κ1) is 7.44. The lowest BCUT2D eigenvalue weighted by Crippen LogP contribution is -1.85. The van der Waals surface area contributed by atoms with Crippen molar-refractivity contribution in [2.75, 3.05) is 7.11 Å². The molecule has 1 N–H and O–H groups in total. The van der Waals surface area contributed by atoms with Gasteiger partial charge in [0.25, 0.3) is 0 Å². The molecule has 0 aliphatic heterocycles. The molecule has 0 amide bonds. The maximum Gasteiger partial charge on any atom is 0.209 e. The Balaban J connectivity index is 2.45. The van der Waals surface area contributed by atoms with E-state index in [9.17, 15) is 0 Å². The molecule has 0 aliphatic carbocycles. The maximum atomic E-state index is 5.09. The van der Waals surface area contributed by atoms with Crippen molar-refractivity contribution >= 4 is 16.7 Å². The Morgan fingerprint density at radius 1 is 1.36 bits per heavy atom. The second-order valence-corrected chi connectivity index (χ2v) is 3.12. The second-order valence-electron chi connectivity index (χ2n) is 3.12. The van der Waals surface area contributed by atoms with Gasteiger partial charge in [0.2, 0.25) is 5.88 Å². The summed E-state index contributed by atoms with van der Waals surface area (Å²) in [5, 5.41) is 3.10. The molecule has 1 aromatic carbocycles. The highest BCUT2D eigenvalue weighted by molar-refractivity contribution is 5.80. The van der Waals surface area contributed by atoms with E-state index in [1.54, 1.807) is 7.11 Å². The Morgan fingerprint density at radius 2 is 2.21 bits per heavy atom. The zero-order chi connectivity index (χ0) is 9.54. The van der Waals surface area contributed by atoms with E-state index in [0.717, 1.165) is 22.6 Å². The van der Waals surface area contributed by atoms with Gasteiger partial charge < -0.3 is 4.74 Å². The van der Waals surface area contributed by atoms with Crippen LogP contribution >= 0.6 is 0 Å². The molecular weight excluding hydrogens is 178 g/mol. The van der Waals surface area contributed by atoms with Gasteiger partial charge in [-0.25, -0.2) is 9.50 Å². The van der Waals surface area contributed by atoms with Gasteiger partial charge in [-0.3, -0.25) is 5.10 Å². The standard InChI is InChI=1S/C10H9N3O/c1-14-10-6-9-11-7-4-2-3-5-8(7)13(9)12-10/h2-6,12H,1H3. The first-order valence-corrected chi connectivity index (χ1v) is 4.39. The zero-order valence-electron chi connectivity index (χ0n) is 7.69. The van der Waals surface area contributed by atoms with E-state index >= 15 is 0 Å². The Kier molecular flexibility index (Phi) is 1.33. The second kappa shape index (κ2) is 2.51. The van der Waals surface area contributed by atoms with Gasteiger partial charge in [0.15, 0.2) is 5.65 Å². The molecule has 0 aliphatic rings. The Labute approximate surface area is 80.1 Å². The molecule has 0 saturated carbocycles. The predicted molar refractivity (Wildman–Crippen MR) is 53.6 cm³/mol. The van der Waals surface area contributed by atoms with Gasteiger partial charge in [0.1, 0.15) is 0 Å². The number of aromatic amines is 1. The van der Waals surface area contributed by atoms with Crippen LogP contribution < -0.4 is 4.74 Å². The Hall–Kier alpha value is -1.97. The Morgan fingerprint density at radius 3 is 3.07 bits per heavy atom. The van der Waals surface area contributed by atoms with E-state index in [1.807, 2.05) is 34.8 Å². The number of imidazole rings is 1. The highest BCUT2D eigenvalue weighted by Crippen LogP contribution is 2.19. The third kappa shape index (κ3) is 0.849. The summed E-state index contributed by atoms with van der Waals surface area (Å²) in [5.74, 6) is 0.721. The number of benzene rings is 1. The minimum absolute atomic E-state index is 0.721. The number of ether oxygens (including phenoxy) is 1. The Bertz CT molecular complexity index is 593. The van der Waals surface area contributed by atoms with E-state index < -0.39 is 0 Å². The number of nitrogens with one attached hydrogen (secondary N) is 1. The number of fused-ring (bicyclic) bond motifs is 3. The molecule has 0 fully saturated rings. The van der Waals surface area contributed by atoms with Gasteiger partial charge in [-0.1, -0.05) is 12.1 Å². The molecule has 14 heavy (non-hydrogen) atoms. The van der Waals surface area contributed by atoms with Crippen molar-refractivity contribution in [2.45, 2.75) is 0 Å². The van der Waals surface area contributed by atoms with Gasteiger partial charge in [-0.05, 0) is 12.1 Å². The van der Waals surface area contributed by atoms with Crippen LogP contribution in [0.3, 0.4) is 0 Å². The number of H-pyrrole nitrogens is 1. The first-order chi connectivity index (χ1) is 6.88. The maximum absolute atomic E-state index is 5.09. The number of nitrogens with zero attached hydrogens (tertiary/aromatic N) is 2. The molecule has 0 unspecified atom stereocenters. The SMILES string of the molecule is COc1cc2nc3ccccc3n2[nH]1. The molecule has 3 rings (SSSR count). The van der Waals surface area contributed by atoms with Crippen LogP contribution in [-0.4, -0.2) is 21.7 Å². The van der Waals surface area contributed by atoms with E-state index in [2.05, 4.69) is 10.1 Å². The van der Waals surface area contributed by atoms with Crippen LogP contribution in [0.4, 0.5) is 0 Å². The topological polar surface area (TPSA) is 42.3 Å². The van der Waals surface area contributed by atoms with Gasteiger partial charge in [-0.2, -0.15) is 0 Å². The number of rotatable bonds is 1. The number of aromatic nitrogens is 3. The minimum atomic E-state index is 0.721.